The molecule has 0 aromatic carbocycles. The molecule has 0 saturated heterocycles. The highest BCUT2D eigenvalue weighted by molar-refractivity contribution is 7.91. The Bertz CT molecular complexity index is 609. The molecule has 0 amide bonds. The van der Waals surface area contributed by atoms with Gasteiger partial charge in [0.1, 0.15) is 0 Å². The molecule has 0 aliphatic heterocycles. The summed E-state index contributed by atoms with van der Waals surface area (Å²) in [6, 6.07) is 0.0274. The molecule has 0 bridgehead atoms. The van der Waals surface area contributed by atoms with Gasteiger partial charge in [0.25, 0.3) is 10.0 Å². The summed E-state index contributed by atoms with van der Waals surface area (Å²) in [5.41, 5.74) is 0.419. The van der Waals surface area contributed by atoms with Crippen LogP contribution < -0.4 is 4.87 Å². The molecule has 0 radical (unpaired) electrons. The molecule has 106 valence electrons. The fraction of sp³-hybridized carbons (Fsp3) is 0.583. The topological polar surface area (TPSA) is 70.2 Å². The number of rotatable bonds is 5. The highest BCUT2D eigenvalue weighted by atomic mass is 32.2. The number of aryl methyl sites for hydroxylation is 1. The van der Waals surface area contributed by atoms with Gasteiger partial charge in [-0.2, -0.15) is 4.31 Å². The molecule has 1 aromatic rings. The molecule has 1 N–H and O–H groups in total. The molecule has 0 spiro atoms. The highest BCUT2D eigenvalue weighted by Crippen LogP contribution is 2.30. The van der Waals surface area contributed by atoms with Gasteiger partial charge in [-0.25, -0.2) is 8.42 Å². The van der Waals surface area contributed by atoms with Crippen molar-refractivity contribution in [2.24, 2.45) is 0 Å². The molecule has 1 aliphatic rings. The van der Waals surface area contributed by atoms with E-state index in [1.165, 1.54) is 4.31 Å². The maximum atomic E-state index is 12.7. The Kier molecular flexibility index (Phi) is 4.27. The van der Waals surface area contributed by atoms with Gasteiger partial charge in [0, 0.05) is 18.3 Å². The number of thiazole rings is 1. The Morgan fingerprint density at radius 2 is 2.11 bits per heavy atom. The van der Waals surface area contributed by atoms with Crippen LogP contribution in [0.15, 0.2) is 21.7 Å². The van der Waals surface area contributed by atoms with Crippen molar-refractivity contribution in [1.82, 2.24) is 9.29 Å². The average Bonchev–Trinajstić information content (AvgIpc) is 2.95. The summed E-state index contributed by atoms with van der Waals surface area (Å²) in [5.74, 6) is 0. The molecule has 1 saturated carbocycles. The summed E-state index contributed by atoms with van der Waals surface area (Å²) >= 11 is 0.759. The fourth-order valence-electron chi connectivity index (χ4n) is 2.51. The van der Waals surface area contributed by atoms with Crippen LogP contribution in [-0.4, -0.2) is 30.3 Å². The van der Waals surface area contributed by atoms with Gasteiger partial charge in [0.05, 0.1) is 0 Å². The third kappa shape index (κ3) is 2.82. The molecule has 1 aliphatic carbocycles. The van der Waals surface area contributed by atoms with Crippen LogP contribution in [-0.2, 0) is 10.0 Å². The van der Waals surface area contributed by atoms with Crippen LogP contribution in [0.3, 0.4) is 0 Å². The van der Waals surface area contributed by atoms with Crippen molar-refractivity contribution in [1.29, 1.82) is 0 Å². The van der Waals surface area contributed by atoms with Crippen LogP contribution in [0.25, 0.3) is 0 Å². The van der Waals surface area contributed by atoms with E-state index in [-0.39, 0.29) is 15.1 Å². The van der Waals surface area contributed by atoms with Crippen LogP contribution in [0, 0.1) is 6.92 Å². The van der Waals surface area contributed by atoms with Crippen LogP contribution in [0.1, 0.15) is 31.4 Å². The number of aromatic amines is 1. The summed E-state index contributed by atoms with van der Waals surface area (Å²) in [5, 5.41) is 0. The molecule has 7 heteroatoms. The maximum absolute atomic E-state index is 12.7. The molecule has 2 rings (SSSR count). The van der Waals surface area contributed by atoms with Crippen LogP contribution in [0.2, 0.25) is 0 Å². The zero-order valence-electron chi connectivity index (χ0n) is 10.9. The normalized spacial score (nSPS) is 17.2. The number of H-pyrrole nitrogens is 1. The summed E-state index contributed by atoms with van der Waals surface area (Å²) in [4.78, 5) is 13.5. The first-order valence-corrected chi connectivity index (χ1v) is 8.55. The number of sulfonamides is 1. The Morgan fingerprint density at radius 1 is 1.47 bits per heavy atom. The molecular formula is C12H18N2O3S2. The van der Waals surface area contributed by atoms with Gasteiger partial charge in [-0.3, -0.25) is 4.79 Å². The van der Waals surface area contributed by atoms with Crippen molar-refractivity contribution in [2.45, 2.75) is 42.9 Å². The lowest BCUT2D eigenvalue weighted by Crippen LogP contribution is -2.38. The zero-order valence-corrected chi connectivity index (χ0v) is 12.5. The highest BCUT2D eigenvalue weighted by Gasteiger charge is 2.34. The third-order valence-electron chi connectivity index (χ3n) is 3.37. The van der Waals surface area contributed by atoms with E-state index in [9.17, 15) is 13.2 Å². The molecule has 0 atom stereocenters. The first-order valence-electron chi connectivity index (χ1n) is 6.29. The van der Waals surface area contributed by atoms with Crippen molar-refractivity contribution in [3.63, 3.8) is 0 Å². The summed E-state index contributed by atoms with van der Waals surface area (Å²) in [7, 11) is -3.61. The molecule has 1 heterocycles. The minimum atomic E-state index is -3.61. The van der Waals surface area contributed by atoms with E-state index in [4.69, 9.17) is 0 Å². The monoisotopic (exact) mass is 302 g/mol. The fourth-order valence-corrected chi connectivity index (χ4v) is 5.57. The Balaban J connectivity index is 2.41. The van der Waals surface area contributed by atoms with Crippen LogP contribution >= 0.6 is 11.3 Å². The van der Waals surface area contributed by atoms with Gasteiger partial charge >= 0.3 is 4.87 Å². The first-order chi connectivity index (χ1) is 8.96. The summed E-state index contributed by atoms with van der Waals surface area (Å²) < 4.78 is 27.0. The zero-order chi connectivity index (χ0) is 14.0. The van der Waals surface area contributed by atoms with E-state index >= 15 is 0 Å². The average molecular weight is 302 g/mol. The van der Waals surface area contributed by atoms with Gasteiger partial charge in [-0.05, 0) is 19.8 Å². The van der Waals surface area contributed by atoms with Crippen molar-refractivity contribution in [3.8, 4) is 0 Å². The number of aromatic nitrogens is 1. The van der Waals surface area contributed by atoms with Crippen LogP contribution in [0.5, 0.6) is 0 Å². The third-order valence-corrected chi connectivity index (χ3v) is 6.87. The summed E-state index contributed by atoms with van der Waals surface area (Å²) in [6.45, 7) is 5.54. The lowest BCUT2D eigenvalue weighted by atomic mass is 10.2. The predicted octanol–water partition coefficient (Wildman–Crippen LogP) is 1.86. The van der Waals surface area contributed by atoms with Gasteiger partial charge in [-0.15, -0.1) is 6.58 Å². The van der Waals surface area contributed by atoms with E-state index < -0.39 is 10.0 Å². The number of nitrogens with one attached hydrogen (secondary N) is 1. The van der Waals surface area contributed by atoms with Crippen molar-refractivity contribution >= 4 is 21.4 Å². The van der Waals surface area contributed by atoms with E-state index in [1.807, 2.05) is 0 Å². The van der Waals surface area contributed by atoms with Crippen LogP contribution in [0.4, 0.5) is 0 Å². The smallest absolute Gasteiger partial charge is 0.305 e. The first kappa shape index (κ1) is 14.5. The van der Waals surface area contributed by atoms with Crippen molar-refractivity contribution in [2.75, 3.05) is 6.54 Å². The van der Waals surface area contributed by atoms with Gasteiger partial charge in [0.2, 0.25) is 0 Å². The molecule has 5 nitrogen and oxygen atoms in total. The number of hydrogen-bond donors (Lipinski definition) is 1. The van der Waals surface area contributed by atoms with Crippen molar-refractivity contribution < 1.29 is 8.42 Å². The SMILES string of the molecule is C=CCN(C1CCCC1)S(=O)(=O)c1sc(=O)[nH]c1C. The lowest BCUT2D eigenvalue weighted by molar-refractivity contribution is 0.348. The minimum absolute atomic E-state index is 0.0274. The second-order valence-electron chi connectivity index (χ2n) is 4.73. The second kappa shape index (κ2) is 5.60. The van der Waals surface area contributed by atoms with Crippen molar-refractivity contribution in [3.05, 3.63) is 28.0 Å². The molecule has 1 fully saturated rings. The predicted molar refractivity (Wildman–Crippen MR) is 76.0 cm³/mol. The lowest BCUT2D eigenvalue weighted by Gasteiger charge is -2.26. The van der Waals surface area contributed by atoms with Gasteiger partial charge < -0.3 is 4.98 Å². The largest absolute Gasteiger partial charge is 0.315 e. The molecular weight excluding hydrogens is 284 g/mol. The Hall–Kier alpha value is -0.920. The van der Waals surface area contributed by atoms with E-state index in [0.717, 1.165) is 37.0 Å². The van der Waals surface area contributed by atoms with Gasteiger partial charge in [0.15, 0.2) is 4.21 Å². The Labute approximate surface area is 117 Å². The second-order valence-corrected chi connectivity index (χ2v) is 7.80. The standard InChI is InChI=1S/C12H18N2O3S2/c1-3-8-14(10-6-4-5-7-10)19(16,17)11-9(2)13-12(15)18-11/h3,10H,1,4-8H2,2H3,(H,13,15). The van der Waals surface area contributed by atoms with E-state index in [2.05, 4.69) is 11.6 Å². The van der Waals surface area contributed by atoms with Gasteiger partial charge in [-0.1, -0.05) is 30.3 Å². The minimum Gasteiger partial charge on any atom is -0.315 e. The number of hydrogen-bond acceptors (Lipinski definition) is 4. The molecule has 1 aromatic heterocycles. The van der Waals surface area contributed by atoms with E-state index in [1.54, 1.807) is 13.0 Å². The quantitative estimate of drug-likeness (QED) is 0.844. The molecule has 19 heavy (non-hydrogen) atoms. The van der Waals surface area contributed by atoms with E-state index in [0.29, 0.717) is 12.2 Å². The summed E-state index contributed by atoms with van der Waals surface area (Å²) in [6.07, 6.45) is 5.46. The maximum Gasteiger partial charge on any atom is 0.305 e. The molecule has 0 unspecified atom stereocenters. The number of nitrogens with zero attached hydrogens (tertiary/aromatic N) is 1. The Morgan fingerprint density at radius 3 is 2.58 bits per heavy atom.